The molecule has 0 aromatic carbocycles. The van der Waals surface area contributed by atoms with Gasteiger partial charge in [-0.05, 0) is 19.9 Å². The van der Waals surface area contributed by atoms with Gasteiger partial charge in [0.25, 0.3) is 5.56 Å². The average Bonchev–Trinajstić information content (AvgIpc) is 2.82. The Labute approximate surface area is 115 Å². The molecule has 0 radical (unpaired) electrons. The van der Waals surface area contributed by atoms with Gasteiger partial charge in [0.15, 0.2) is 5.15 Å². The van der Waals surface area contributed by atoms with E-state index in [1.807, 2.05) is 30.8 Å². The second kappa shape index (κ2) is 5.44. The molecule has 0 saturated carbocycles. The first-order valence-electron chi connectivity index (χ1n) is 5.86. The Kier molecular flexibility index (Phi) is 3.90. The van der Waals surface area contributed by atoms with Crippen LogP contribution in [0.5, 0.6) is 5.75 Å². The number of aromatic nitrogens is 4. The van der Waals surface area contributed by atoms with Gasteiger partial charge in [-0.15, -0.1) is 0 Å². The molecule has 0 unspecified atom stereocenters. The van der Waals surface area contributed by atoms with Gasteiger partial charge in [0, 0.05) is 12.2 Å². The van der Waals surface area contributed by atoms with E-state index in [1.54, 1.807) is 0 Å². The van der Waals surface area contributed by atoms with Crippen LogP contribution in [0.1, 0.15) is 25.6 Å². The summed E-state index contributed by atoms with van der Waals surface area (Å²) in [5, 5.41) is 4.45. The predicted molar refractivity (Wildman–Crippen MR) is 71.8 cm³/mol. The van der Waals surface area contributed by atoms with Crippen molar-refractivity contribution in [3.63, 3.8) is 0 Å². The van der Waals surface area contributed by atoms with Crippen LogP contribution in [0, 0.1) is 0 Å². The number of hydrogen-bond acceptors (Lipinski definition) is 4. The first-order chi connectivity index (χ1) is 9.02. The highest BCUT2D eigenvalue weighted by atomic mass is 35.5. The van der Waals surface area contributed by atoms with Crippen molar-refractivity contribution in [2.75, 3.05) is 7.11 Å². The summed E-state index contributed by atoms with van der Waals surface area (Å²) in [7, 11) is 1.39. The number of rotatable bonds is 4. The summed E-state index contributed by atoms with van der Waals surface area (Å²) in [4.78, 5) is 16.0. The largest absolute Gasteiger partial charge is 0.489 e. The number of halogens is 1. The van der Waals surface area contributed by atoms with Crippen molar-refractivity contribution in [1.82, 2.24) is 19.3 Å². The number of ether oxygens (including phenoxy) is 1. The maximum atomic E-state index is 12.0. The van der Waals surface area contributed by atoms with Crippen LogP contribution in [-0.4, -0.2) is 26.4 Å². The second-order valence-electron chi connectivity index (χ2n) is 4.38. The van der Waals surface area contributed by atoms with Gasteiger partial charge in [0.1, 0.15) is 0 Å². The Morgan fingerprint density at radius 3 is 2.79 bits per heavy atom. The molecule has 0 N–H and O–H groups in total. The Bertz CT molecular complexity index is 633. The molecule has 0 spiro atoms. The summed E-state index contributed by atoms with van der Waals surface area (Å²) in [5.41, 5.74) is 0.462. The van der Waals surface area contributed by atoms with Crippen LogP contribution in [0.2, 0.25) is 5.15 Å². The lowest BCUT2D eigenvalue weighted by atomic mass is 10.4. The predicted octanol–water partition coefficient (Wildman–Crippen LogP) is 1.73. The summed E-state index contributed by atoms with van der Waals surface area (Å²) in [5.74, 6) is 0.0486. The molecule has 2 heterocycles. The SMILES string of the molecule is COc1c(Cl)ncn(Cc2ccn(C(C)C)n2)c1=O. The van der Waals surface area contributed by atoms with Crippen LogP contribution in [0.4, 0.5) is 0 Å². The summed E-state index contributed by atoms with van der Waals surface area (Å²) >= 11 is 5.78. The highest BCUT2D eigenvalue weighted by molar-refractivity contribution is 6.30. The molecule has 102 valence electrons. The van der Waals surface area contributed by atoms with Crippen molar-refractivity contribution >= 4 is 11.6 Å². The van der Waals surface area contributed by atoms with Crippen LogP contribution in [0.25, 0.3) is 0 Å². The molecule has 0 aliphatic rings. The molecule has 0 aliphatic carbocycles. The number of methoxy groups -OCH3 is 1. The molecule has 2 aromatic rings. The topological polar surface area (TPSA) is 61.9 Å². The minimum Gasteiger partial charge on any atom is -0.489 e. The second-order valence-corrected chi connectivity index (χ2v) is 4.74. The molecule has 0 fully saturated rings. The summed E-state index contributed by atoms with van der Waals surface area (Å²) < 4.78 is 8.19. The highest BCUT2D eigenvalue weighted by Gasteiger charge is 2.11. The Hall–Kier alpha value is -1.82. The Morgan fingerprint density at radius 2 is 2.21 bits per heavy atom. The standard InChI is InChI=1S/C12H15ClN4O2/c1-8(2)17-5-4-9(15-17)6-16-7-14-11(13)10(19-3)12(16)18/h4-5,7-8H,6H2,1-3H3. The van der Waals surface area contributed by atoms with Crippen LogP contribution in [0.15, 0.2) is 23.4 Å². The van der Waals surface area contributed by atoms with Crippen molar-refractivity contribution in [3.8, 4) is 5.75 Å². The maximum Gasteiger partial charge on any atom is 0.297 e. The third-order valence-corrected chi connectivity index (χ3v) is 2.95. The van der Waals surface area contributed by atoms with Crippen molar-refractivity contribution in [2.45, 2.75) is 26.4 Å². The Balaban J connectivity index is 2.30. The lowest BCUT2D eigenvalue weighted by molar-refractivity contribution is 0.400. The fourth-order valence-electron chi connectivity index (χ4n) is 1.66. The van der Waals surface area contributed by atoms with E-state index in [9.17, 15) is 4.79 Å². The third kappa shape index (κ3) is 2.78. The lowest BCUT2D eigenvalue weighted by Crippen LogP contribution is -2.23. The summed E-state index contributed by atoms with van der Waals surface area (Å²) in [6, 6.07) is 2.15. The normalized spacial score (nSPS) is 11.0. The van der Waals surface area contributed by atoms with E-state index in [1.165, 1.54) is 18.0 Å². The van der Waals surface area contributed by atoms with Gasteiger partial charge in [-0.1, -0.05) is 11.6 Å². The number of nitrogens with zero attached hydrogens (tertiary/aromatic N) is 4. The van der Waals surface area contributed by atoms with Crippen LogP contribution < -0.4 is 10.3 Å². The highest BCUT2D eigenvalue weighted by Crippen LogP contribution is 2.15. The van der Waals surface area contributed by atoms with Gasteiger partial charge in [0.05, 0.1) is 25.7 Å². The van der Waals surface area contributed by atoms with E-state index in [2.05, 4.69) is 10.1 Å². The molecule has 7 heteroatoms. The van der Waals surface area contributed by atoms with Gasteiger partial charge in [-0.3, -0.25) is 14.0 Å². The van der Waals surface area contributed by atoms with E-state index in [4.69, 9.17) is 16.3 Å². The smallest absolute Gasteiger partial charge is 0.297 e. The first kappa shape index (κ1) is 13.6. The molecular formula is C12H15ClN4O2. The minimum atomic E-state index is -0.318. The van der Waals surface area contributed by atoms with Crippen molar-refractivity contribution in [2.24, 2.45) is 0 Å². The van der Waals surface area contributed by atoms with Crippen LogP contribution in [0.3, 0.4) is 0 Å². The summed E-state index contributed by atoms with van der Waals surface area (Å²) in [6.07, 6.45) is 3.27. The van der Waals surface area contributed by atoms with E-state index in [-0.39, 0.29) is 22.5 Å². The molecule has 2 rings (SSSR count). The average molecular weight is 283 g/mol. The van der Waals surface area contributed by atoms with E-state index < -0.39 is 0 Å². The molecule has 0 amide bonds. The Morgan fingerprint density at radius 1 is 1.47 bits per heavy atom. The maximum absolute atomic E-state index is 12.0. The fraction of sp³-hybridized carbons (Fsp3) is 0.417. The van der Waals surface area contributed by atoms with E-state index >= 15 is 0 Å². The van der Waals surface area contributed by atoms with E-state index in [0.717, 1.165) is 5.69 Å². The van der Waals surface area contributed by atoms with Gasteiger partial charge in [0.2, 0.25) is 5.75 Å². The quantitative estimate of drug-likeness (QED) is 0.801. The zero-order valence-corrected chi connectivity index (χ0v) is 11.8. The molecule has 0 saturated heterocycles. The van der Waals surface area contributed by atoms with Gasteiger partial charge < -0.3 is 4.74 Å². The van der Waals surface area contributed by atoms with Gasteiger partial charge in [-0.25, -0.2) is 4.98 Å². The molecule has 0 aliphatic heterocycles. The van der Waals surface area contributed by atoms with Crippen molar-refractivity contribution in [3.05, 3.63) is 39.8 Å². The fourth-order valence-corrected chi connectivity index (χ4v) is 1.86. The number of hydrogen-bond donors (Lipinski definition) is 0. The molecule has 6 nitrogen and oxygen atoms in total. The molecule has 19 heavy (non-hydrogen) atoms. The monoisotopic (exact) mass is 282 g/mol. The molecule has 0 atom stereocenters. The lowest BCUT2D eigenvalue weighted by Gasteiger charge is -2.07. The third-order valence-electron chi connectivity index (χ3n) is 2.68. The van der Waals surface area contributed by atoms with Crippen LogP contribution >= 0.6 is 11.6 Å². The minimum absolute atomic E-state index is 0.0486. The van der Waals surface area contributed by atoms with Crippen LogP contribution in [-0.2, 0) is 6.54 Å². The molecule has 2 aromatic heterocycles. The van der Waals surface area contributed by atoms with Crippen molar-refractivity contribution in [1.29, 1.82) is 0 Å². The first-order valence-corrected chi connectivity index (χ1v) is 6.23. The van der Waals surface area contributed by atoms with Gasteiger partial charge >= 0.3 is 0 Å². The van der Waals surface area contributed by atoms with Crippen molar-refractivity contribution < 1.29 is 4.74 Å². The summed E-state index contributed by atoms with van der Waals surface area (Å²) in [6.45, 7) is 4.41. The molecular weight excluding hydrogens is 268 g/mol. The zero-order chi connectivity index (χ0) is 14.0. The molecule has 0 bridgehead atoms. The zero-order valence-electron chi connectivity index (χ0n) is 11.0. The van der Waals surface area contributed by atoms with E-state index in [0.29, 0.717) is 6.54 Å². The van der Waals surface area contributed by atoms with Gasteiger partial charge in [-0.2, -0.15) is 5.10 Å².